The molecule has 1 saturated heterocycles. The van der Waals surface area contributed by atoms with Gasteiger partial charge in [0.15, 0.2) is 0 Å². The molecule has 1 atom stereocenters. The molecule has 1 fully saturated rings. The summed E-state index contributed by atoms with van der Waals surface area (Å²) in [6.07, 6.45) is 0.626. The Morgan fingerprint density at radius 1 is 1.35 bits per heavy atom. The van der Waals surface area contributed by atoms with E-state index in [2.05, 4.69) is 11.4 Å². The van der Waals surface area contributed by atoms with Gasteiger partial charge in [-0.05, 0) is 24.0 Å². The zero-order chi connectivity index (χ0) is 14.7. The molecule has 104 valence electrons. The molecule has 0 aliphatic carbocycles. The van der Waals surface area contributed by atoms with Crippen LogP contribution in [0.1, 0.15) is 31.4 Å². The van der Waals surface area contributed by atoms with Crippen LogP contribution >= 0.6 is 0 Å². The van der Waals surface area contributed by atoms with Gasteiger partial charge in [0.05, 0.1) is 18.2 Å². The maximum Gasteiger partial charge on any atom is 0.325 e. The third-order valence-corrected chi connectivity index (χ3v) is 3.28. The van der Waals surface area contributed by atoms with Gasteiger partial charge in [-0.1, -0.05) is 32.0 Å². The Hall–Kier alpha value is -2.35. The van der Waals surface area contributed by atoms with Crippen molar-refractivity contribution < 1.29 is 9.59 Å². The van der Waals surface area contributed by atoms with E-state index in [0.717, 1.165) is 0 Å². The van der Waals surface area contributed by atoms with Gasteiger partial charge in [0.1, 0.15) is 6.04 Å². The number of carbonyl (C=O) groups is 2. The van der Waals surface area contributed by atoms with Crippen molar-refractivity contribution in [3.63, 3.8) is 0 Å². The quantitative estimate of drug-likeness (QED) is 0.851. The Bertz CT molecular complexity index is 575. The van der Waals surface area contributed by atoms with Crippen LogP contribution in [0.4, 0.5) is 4.79 Å². The van der Waals surface area contributed by atoms with Gasteiger partial charge >= 0.3 is 6.03 Å². The molecular weight excluding hydrogens is 254 g/mol. The summed E-state index contributed by atoms with van der Waals surface area (Å²) in [5.74, 6) is 0.118. The summed E-state index contributed by atoms with van der Waals surface area (Å²) in [5.41, 5.74) is 1.17. The lowest BCUT2D eigenvalue weighted by Gasteiger charge is -2.14. The highest BCUT2D eigenvalue weighted by atomic mass is 16.2. The van der Waals surface area contributed by atoms with E-state index in [4.69, 9.17) is 5.26 Å². The van der Waals surface area contributed by atoms with Crippen molar-refractivity contribution in [2.75, 3.05) is 0 Å². The van der Waals surface area contributed by atoms with Crippen molar-refractivity contribution in [3.8, 4) is 6.07 Å². The van der Waals surface area contributed by atoms with Crippen LogP contribution in [0.3, 0.4) is 0 Å². The number of nitrogens with zero attached hydrogens (tertiary/aromatic N) is 2. The fourth-order valence-electron chi connectivity index (χ4n) is 2.30. The molecule has 3 amide bonds. The lowest BCUT2D eigenvalue weighted by atomic mass is 10.0. The first kappa shape index (κ1) is 14.1. The fraction of sp³-hybridized carbons (Fsp3) is 0.400. The molecule has 0 bridgehead atoms. The number of amides is 3. The summed E-state index contributed by atoms with van der Waals surface area (Å²) in [6.45, 7) is 4.16. The second kappa shape index (κ2) is 5.74. The average molecular weight is 271 g/mol. The number of hydrogen-bond donors (Lipinski definition) is 1. The molecule has 1 aliphatic rings. The second-order valence-electron chi connectivity index (χ2n) is 5.32. The van der Waals surface area contributed by atoms with Gasteiger partial charge in [0.2, 0.25) is 0 Å². The summed E-state index contributed by atoms with van der Waals surface area (Å²) in [6, 6.07) is 8.23. The standard InChI is InChI=1S/C15H17N3O2/c1-10(2)7-13-14(19)18(15(20)17-13)9-12-6-4-3-5-11(12)8-16/h3-6,10,13H,7,9H2,1-2H3,(H,17,20)/t13-/m1/s1. The highest BCUT2D eigenvalue weighted by molar-refractivity contribution is 6.04. The van der Waals surface area contributed by atoms with Gasteiger partial charge in [-0.15, -0.1) is 0 Å². The minimum Gasteiger partial charge on any atom is -0.326 e. The fourth-order valence-corrected chi connectivity index (χ4v) is 2.30. The normalized spacial score (nSPS) is 18.3. The SMILES string of the molecule is CC(C)C[C@H]1NC(=O)N(Cc2ccccc2C#N)C1=O. The number of benzene rings is 1. The Kier molecular flexibility index (Phi) is 4.04. The molecule has 20 heavy (non-hydrogen) atoms. The van der Waals surface area contributed by atoms with E-state index in [-0.39, 0.29) is 18.5 Å². The van der Waals surface area contributed by atoms with E-state index < -0.39 is 6.04 Å². The van der Waals surface area contributed by atoms with Crippen LogP contribution in [-0.4, -0.2) is 22.9 Å². The van der Waals surface area contributed by atoms with E-state index >= 15 is 0 Å². The molecule has 0 aromatic heterocycles. The van der Waals surface area contributed by atoms with Gasteiger partial charge < -0.3 is 5.32 Å². The van der Waals surface area contributed by atoms with Crippen molar-refractivity contribution in [1.29, 1.82) is 5.26 Å². The van der Waals surface area contributed by atoms with Crippen molar-refractivity contribution in [3.05, 3.63) is 35.4 Å². The number of nitrogens with one attached hydrogen (secondary N) is 1. The molecule has 0 spiro atoms. The van der Waals surface area contributed by atoms with Crippen LogP contribution < -0.4 is 5.32 Å². The topological polar surface area (TPSA) is 73.2 Å². The summed E-state index contributed by atoms with van der Waals surface area (Å²) in [7, 11) is 0. The number of nitriles is 1. The van der Waals surface area contributed by atoms with Crippen LogP contribution in [0.2, 0.25) is 0 Å². The maximum atomic E-state index is 12.2. The number of carbonyl (C=O) groups excluding carboxylic acids is 2. The first-order valence-corrected chi connectivity index (χ1v) is 6.62. The van der Waals surface area contributed by atoms with E-state index in [9.17, 15) is 9.59 Å². The van der Waals surface area contributed by atoms with Crippen LogP contribution in [-0.2, 0) is 11.3 Å². The van der Waals surface area contributed by atoms with E-state index in [1.165, 1.54) is 4.90 Å². The Morgan fingerprint density at radius 3 is 2.70 bits per heavy atom. The molecule has 1 aliphatic heterocycles. The second-order valence-corrected chi connectivity index (χ2v) is 5.32. The van der Waals surface area contributed by atoms with E-state index in [0.29, 0.717) is 23.5 Å². The summed E-state index contributed by atoms with van der Waals surface area (Å²) in [5, 5.41) is 11.7. The van der Waals surface area contributed by atoms with Gasteiger partial charge in [0, 0.05) is 0 Å². The van der Waals surface area contributed by atoms with Crippen molar-refractivity contribution >= 4 is 11.9 Å². The van der Waals surface area contributed by atoms with Gasteiger partial charge in [-0.3, -0.25) is 9.69 Å². The van der Waals surface area contributed by atoms with E-state index in [1.807, 2.05) is 13.8 Å². The van der Waals surface area contributed by atoms with Crippen molar-refractivity contribution in [2.24, 2.45) is 5.92 Å². The summed E-state index contributed by atoms with van der Waals surface area (Å²) < 4.78 is 0. The van der Waals surface area contributed by atoms with Crippen molar-refractivity contribution in [1.82, 2.24) is 10.2 Å². The molecule has 2 rings (SSSR count). The Morgan fingerprint density at radius 2 is 2.05 bits per heavy atom. The molecular formula is C15H17N3O2. The lowest BCUT2D eigenvalue weighted by Crippen LogP contribution is -2.31. The first-order valence-electron chi connectivity index (χ1n) is 6.62. The predicted octanol–water partition coefficient (Wildman–Crippen LogP) is 2.02. The molecule has 1 aromatic rings. The molecule has 1 aromatic carbocycles. The monoisotopic (exact) mass is 271 g/mol. The molecule has 1 heterocycles. The predicted molar refractivity (Wildman–Crippen MR) is 73.5 cm³/mol. The van der Waals surface area contributed by atoms with Gasteiger partial charge in [-0.2, -0.15) is 5.26 Å². The smallest absolute Gasteiger partial charge is 0.325 e. The van der Waals surface area contributed by atoms with Crippen LogP contribution in [0.5, 0.6) is 0 Å². The van der Waals surface area contributed by atoms with Crippen LogP contribution in [0.25, 0.3) is 0 Å². The molecule has 0 radical (unpaired) electrons. The van der Waals surface area contributed by atoms with Gasteiger partial charge in [0.25, 0.3) is 5.91 Å². The molecule has 5 nitrogen and oxygen atoms in total. The average Bonchev–Trinajstić information content (AvgIpc) is 2.66. The minimum absolute atomic E-state index is 0.142. The molecule has 0 saturated carbocycles. The zero-order valence-corrected chi connectivity index (χ0v) is 11.6. The Balaban J connectivity index is 2.16. The number of rotatable bonds is 4. The van der Waals surface area contributed by atoms with Crippen LogP contribution in [0, 0.1) is 17.2 Å². The van der Waals surface area contributed by atoms with Gasteiger partial charge in [-0.25, -0.2) is 4.79 Å². The molecule has 1 N–H and O–H groups in total. The number of hydrogen-bond acceptors (Lipinski definition) is 3. The largest absolute Gasteiger partial charge is 0.326 e. The molecule has 5 heteroatoms. The van der Waals surface area contributed by atoms with E-state index in [1.54, 1.807) is 24.3 Å². The maximum absolute atomic E-state index is 12.2. The zero-order valence-electron chi connectivity index (χ0n) is 11.6. The summed E-state index contributed by atoms with van der Waals surface area (Å²) >= 11 is 0. The summed E-state index contributed by atoms with van der Waals surface area (Å²) in [4.78, 5) is 25.3. The first-order chi connectivity index (χ1) is 9.52. The third-order valence-electron chi connectivity index (χ3n) is 3.28. The number of urea groups is 1. The number of imide groups is 1. The Labute approximate surface area is 118 Å². The minimum atomic E-state index is -0.447. The highest BCUT2D eigenvalue weighted by Gasteiger charge is 2.38. The van der Waals surface area contributed by atoms with Crippen LogP contribution in [0.15, 0.2) is 24.3 Å². The lowest BCUT2D eigenvalue weighted by molar-refractivity contribution is -0.128. The highest BCUT2D eigenvalue weighted by Crippen LogP contribution is 2.18. The third kappa shape index (κ3) is 2.80. The van der Waals surface area contributed by atoms with Crippen molar-refractivity contribution in [2.45, 2.75) is 32.9 Å². The molecule has 0 unspecified atom stereocenters.